The van der Waals surface area contributed by atoms with Gasteiger partial charge < -0.3 is 15.5 Å². The number of aryl methyl sites for hydroxylation is 1. The maximum Gasteiger partial charge on any atom is 0.192 e. The van der Waals surface area contributed by atoms with Gasteiger partial charge in [0.1, 0.15) is 5.60 Å². The van der Waals surface area contributed by atoms with Crippen molar-refractivity contribution < 1.29 is 10.2 Å². The van der Waals surface area contributed by atoms with Crippen molar-refractivity contribution in [2.24, 2.45) is 5.92 Å². The number of hydrogen-bond donors (Lipinski definition) is 3. The highest BCUT2D eigenvalue weighted by Crippen LogP contribution is 2.44. The Kier molecular flexibility index (Phi) is 4.59. The SMILES string of the molecule is [C-]#[N+]c1cc2c(cc1C)CC1CCC(O)C(O)(Cc3ccc(C#N)cc3)C1N2. The smallest absolute Gasteiger partial charge is 0.192 e. The van der Waals surface area contributed by atoms with E-state index in [1.807, 2.05) is 25.1 Å². The first-order chi connectivity index (χ1) is 13.4. The fourth-order valence-corrected chi connectivity index (χ4v) is 4.75. The second-order valence-electron chi connectivity index (χ2n) is 8.06. The second kappa shape index (κ2) is 6.95. The van der Waals surface area contributed by atoms with E-state index in [2.05, 4.69) is 22.3 Å². The highest BCUT2D eigenvalue weighted by atomic mass is 16.3. The molecule has 5 heteroatoms. The molecule has 1 aliphatic heterocycles. The lowest BCUT2D eigenvalue weighted by atomic mass is 9.66. The van der Waals surface area contributed by atoms with Gasteiger partial charge in [-0.05, 0) is 67.0 Å². The fraction of sp³-hybridized carbons (Fsp3) is 0.391. The standard InChI is InChI=1S/C23H23N3O2/c1-14-9-18-10-17-7-8-21(27)23(28,12-15-3-5-16(13-24)6-4-15)22(17)26-20(18)11-19(14)25-2/h3-6,9,11,17,21-22,26-28H,7-8,10,12H2,1H3. The molecule has 1 heterocycles. The van der Waals surface area contributed by atoms with Crippen molar-refractivity contribution in [1.82, 2.24) is 0 Å². The van der Waals surface area contributed by atoms with Crippen molar-refractivity contribution in [2.45, 2.75) is 50.4 Å². The van der Waals surface area contributed by atoms with E-state index in [-0.39, 0.29) is 12.0 Å². The zero-order valence-corrected chi connectivity index (χ0v) is 15.8. The van der Waals surface area contributed by atoms with Crippen molar-refractivity contribution in [3.05, 3.63) is 70.1 Å². The number of benzene rings is 2. The Balaban J connectivity index is 1.68. The van der Waals surface area contributed by atoms with E-state index in [0.29, 0.717) is 24.1 Å². The lowest BCUT2D eigenvalue weighted by molar-refractivity contribution is -0.122. The molecule has 4 atom stereocenters. The van der Waals surface area contributed by atoms with Gasteiger partial charge in [0.2, 0.25) is 0 Å². The van der Waals surface area contributed by atoms with Crippen LogP contribution in [0.2, 0.25) is 0 Å². The minimum Gasteiger partial charge on any atom is -0.390 e. The van der Waals surface area contributed by atoms with Gasteiger partial charge in [-0.1, -0.05) is 18.2 Å². The van der Waals surface area contributed by atoms with Gasteiger partial charge in [-0.25, -0.2) is 4.85 Å². The van der Waals surface area contributed by atoms with Crippen LogP contribution in [0, 0.1) is 30.7 Å². The summed E-state index contributed by atoms with van der Waals surface area (Å²) in [5.74, 6) is 0.220. The van der Waals surface area contributed by atoms with Crippen LogP contribution >= 0.6 is 0 Å². The number of anilines is 1. The van der Waals surface area contributed by atoms with Gasteiger partial charge in [0.25, 0.3) is 0 Å². The molecule has 2 aromatic carbocycles. The van der Waals surface area contributed by atoms with Crippen LogP contribution in [-0.2, 0) is 12.8 Å². The lowest BCUT2D eigenvalue weighted by Gasteiger charge is -2.51. The Morgan fingerprint density at radius 1 is 1.29 bits per heavy atom. The first kappa shape index (κ1) is 18.5. The third kappa shape index (κ3) is 3.03. The van der Waals surface area contributed by atoms with E-state index in [1.165, 1.54) is 5.56 Å². The first-order valence-corrected chi connectivity index (χ1v) is 9.61. The maximum atomic E-state index is 11.6. The van der Waals surface area contributed by atoms with Crippen LogP contribution in [0.5, 0.6) is 0 Å². The molecule has 2 aliphatic rings. The summed E-state index contributed by atoms with van der Waals surface area (Å²) in [6.45, 7) is 9.31. The molecular formula is C23H23N3O2. The Labute approximate surface area is 165 Å². The molecule has 0 spiro atoms. The normalized spacial score (nSPS) is 28.2. The minimum absolute atomic E-state index is 0.220. The Morgan fingerprint density at radius 3 is 2.71 bits per heavy atom. The number of fused-ring (bicyclic) bond motifs is 2. The molecule has 3 N–H and O–H groups in total. The Hall–Kier alpha value is -2.86. The summed E-state index contributed by atoms with van der Waals surface area (Å²) in [6.07, 6.45) is 1.71. The number of aliphatic hydroxyl groups is 2. The highest BCUT2D eigenvalue weighted by molar-refractivity contribution is 5.67. The number of nitriles is 1. The molecule has 4 unspecified atom stereocenters. The molecule has 0 bridgehead atoms. The third-order valence-corrected chi connectivity index (χ3v) is 6.30. The van der Waals surface area contributed by atoms with E-state index in [0.717, 1.165) is 29.7 Å². The predicted octanol–water partition coefficient (Wildman–Crippen LogP) is 3.50. The fourth-order valence-electron chi connectivity index (χ4n) is 4.75. The van der Waals surface area contributed by atoms with Crippen LogP contribution in [0.4, 0.5) is 11.4 Å². The third-order valence-electron chi connectivity index (χ3n) is 6.30. The largest absolute Gasteiger partial charge is 0.390 e. The molecule has 0 saturated heterocycles. The number of rotatable bonds is 2. The molecule has 0 amide bonds. The van der Waals surface area contributed by atoms with Gasteiger partial charge in [0.15, 0.2) is 5.69 Å². The zero-order chi connectivity index (χ0) is 19.9. The predicted molar refractivity (Wildman–Crippen MR) is 107 cm³/mol. The maximum absolute atomic E-state index is 11.6. The summed E-state index contributed by atoms with van der Waals surface area (Å²) in [5.41, 5.74) is 3.78. The highest BCUT2D eigenvalue weighted by Gasteiger charge is 2.51. The molecule has 0 aromatic heterocycles. The monoisotopic (exact) mass is 373 g/mol. The molecule has 4 rings (SSSR count). The number of nitrogens with zero attached hydrogens (tertiary/aromatic N) is 2. The van der Waals surface area contributed by atoms with E-state index >= 15 is 0 Å². The van der Waals surface area contributed by atoms with Crippen molar-refractivity contribution in [2.75, 3.05) is 5.32 Å². The van der Waals surface area contributed by atoms with Crippen LogP contribution in [0.15, 0.2) is 36.4 Å². The molecule has 0 radical (unpaired) electrons. The van der Waals surface area contributed by atoms with Crippen LogP contribution in [0.25, 0.3) is 4.85 Å². The van der Waals surface area contributed by atoms with Gasteiger partial charge in [0.05, 0.1) is 30.4 Å². The molecular weight excluding hydrogens is 350 g/mol. The van der Waals surface area contributed by atoms with Gasteiger partial charge in [-0.15, -0.1) is 0 Å². The number of nitrogens with one attached hydrogen (secondary N) is 1. The van der Waals surface area contributed by atoms with Crippen LogP contribution in [-0.4, -0.2) is 28.0 Å². The van der Waals surface area contributed by atoms with Crippen LogP contribution in [0.1, 0.15) is 35.1 Å². The summed E-state index contributed by atoms with van der Waals surface area (Å²) in [6, 6.07) is 12.9. The van der Waals surface area contributed by atoms with Gasteiger partial charge in [-0.2, -0.15) is 5.26 Å². The molecule has 1 aliphatic carbocycles. The van der Waals surface area contributed by atoms with Crippen molar-refractivity contribution in [1.29, 1.82) is 5.26 Å². The summed E-state index contributed by atoms with van der Waals surface area (Å²) in [7, 11) is 0. The van der Waals surface area contributed by atoms with Gasteiger partial charge in [0, 0.05) is 12.1 Å². The average Bonchev–Trinajstić information content (AvgIpc) is 2.70. The molecule has 2 aromatic rings. The molecule has 1 saturated carbocycles. The van der Waals surface area contributed by atoms with Gasteiger partial charge in [-0.3, -0.25) is 0 Å². The topological polar surface area (TPSA) is 80.6 Å². The number of hydrogen-bond acceptors (Lipinski definition) is 4. The van der Waals surface area contributed by atoms with Crippen LogP contribution < -0.4 is 5.32 Å². The summed E-state index contributed by atoms with van der Waals surface area (Å²) in [5, 5.41) is 34.8. The van der Waals surface area contributed by atoms with Gasteiger partial charge >= 0.3 is 0 Å². The quantitative estimate of drug-likeness (QED) is 0.704. The number of aliphatic hydroxyl groups excluding tert-OH is 1. The van der Waals surface area contributed by atoms with E-state index < -0.39 is 11.7 Å². The molecule has 5 nitrogen and oxygen atoms in total. The van der Waals surface area contributed by atoms with E-state index in [4.69, 9.17) is 11.8 Å². The summed E-state index contributed by atoms with van der Waals surface area (Å²) >= 11 is 0. The van der Waals surface area contributed by atoms with E-state index in [1.54, 1.807) is 12.1 Å². The zero-order valence-electron chi connectivity index (χ0n) is 15.8. The molecule has 142 valence electrons. The Morgan fingerprint density at radius 2 is 2.04 bits per heavy atom. The summed E-state index contributed by atoms with van der Waals surface area (Å²) < 4.78 is 0. The second-order valence-corrected chi connectivity index (χ2v) is 8.06. The van der Waals surface area contributed by atoms with Crippen molar-refractivity contribution >= 4 is 11.4 Å². The summed E-state index contributed by atoms with van der Waals surface area (Å²) in [4.78, 5) is 3.59. The Bertz CT molecular complexity index is 987. The average molecular weight is 373 g/mol. The minimum atomic E-state index is -1.31. The van der Waals surface area contributed by atoms with Crippen molar-refractivity contribution in [3.8, 4) is 6.07 Å². The first-order valence-electron chi connectivity index (χ1n) is 9.61. The molecule has 28 heavy (non-hydrogen) atoms. The van der Waals surface area contributed by atoms with E-state index in [9.17, 15) is 10.2 Å². The van der Waals surface area contributed by atoms with Crippen LogP contribution in [0.3, 0.4) is 0 Å². The molecule has 1 fully saturated rings. The van der Waals surface area contributed by atoms with Crippen molar-refractivity contribution in [3.63, 3.8) is 0 Å². The lowest BCUT2D eigenvalue weighted by Crippen LogP contribution is -2.63.